The highest BCUT2D eigenvalue weighted by atomic mass is 15.1. The molecule has 274 valence electrons. The lowest BCUT2D eigenvalue weighted by Crippen LogP contribution is -2.16. The SMILES string of the molecule is C=C(/C(C)=C\C(C)=C/CC)N(c1ccc(/C=C(/c2ccccc2)c2ccc(C)c(C)c2)cc1)c1ccc(/C=C(\c2ccccc2)c2ccc(C)c(C)c2)cc1. The Labute approximate surface area is 330 Å². The van der Waals surface area contributed by atoms with Crippen LogP contribution in [0, 0.1) is 27.7 Å². The summed E-state index contributed by atoms with van der Waals surface area (Å²) in [7, 11) is 0. The maximum atomic E-state index is 4.66. The van der Waals surface area contributed by atoms with E-state index in [1.54, 1.807) is 0 Å². The molecule has 0 N–H and O–H groups in total. The molecule has 0 spiro atoms. The molecule has 0 aliphatic rings. The third-order valence-electron chi connectivity index (χ3n) is 10.4. The van der Waals surface area contributed by atoms with Crippen LogP contribution >= 0.6 is 0 Å². The van der Waals surface area contributed by atoms with E-state index >= 15 is 0 Å². The smallest absolute Gasteiger partial charge is 0.0461 e. The maximum absolute atomic E-state index is 4.66. The number of aryl methyl sites for hydroxylation is 4. The number of hydrogen-bond donors (Lipinski definition) is 0. The van der Waals surface area contributed by atoms with Crippen molar-refractivity contribution in [2.75, 3.05) is 4.90 Å². The van der Waals surface area contributed by atoms with E-state index in [4.69, 9.17) is 0 Å². The van der Waals surface area contributed by atoms with Gasteiger partial charge in [0.05, 0.1) is 0 Å². The van der Waals surface area contributed by atoms with E-state index in [0.29, 0.717) is 0 Å². The Balaban J connectivity index is 1.40. The van der Waals surface area contributed by atoms with Crippen molar-refractivity contribution in [3.05, 3.63) is 237 Å². The number of hydrogen-bond acceptors (Lipinski definition) is 1. The van der Waals surface area contributed by atoms with Crippen molar-refractivity contribution in [2.24, 2.45) is 0 Å². The molecule has 55 heavy (non-hydrogen) atoms. The molecule has 6 aromatic carbocycles. The molecule has 0 saturated heterocycles. The third-order valence-corrected chi connectivity index (χ3v) is 10.4. The summed E-state index contributed by atoms with van der Waals surface area (Å²) >= 11 is 0. The molecule has 0 bridgehead atoms. The van der Waals surface area contributed by atoms with Crippen LogP contribution in [0.5, 0.6) is 0 Å². The van der Waals surface area contributed by atoms with Crippen LogP contribution in [0.25, 0.3) is 23.3 Å². The van der Waals surface area contributed by atoms with Crippen molar-refractivity contribution in [2.45, 2.75) is 54.9 Å². The zero-order valence-electron chi connectivity index (χ0n) is 33.5. The van der Waals surface area contributed by atoms with E-state index in [1.165, 1.54) is 61.2 Å². The molecule has 0 atom stereocenters. The minimum absolute atomic E-state index is 0.940. The second kappa shape index (κ2) is 17.8. The van der Waals surface area contributed by atoms with Crippen LogP contribution in [-0.2, 0) is 0 Å². The quantitative estimate of drug-likeness (QED) is 0.0901. The number of benzene rings is 6. The van der Waals surface area contributed by atoms with Crippen LogP contribution in [0.2, 0.25) is 0 Å². The van der Waals surface area contributed by atoms with Gasteiger partial charge in [-0.1, -0.05) is 153 Å². The van der Waals surface area contributed by atoms with Crippen LogP contribution in [-0.4, -0.2) is 0 Å². The van der Waals surface area contributed by atoms with Crippen molar-refractivity contribution in [3.63, 3.8) is 0 Å². The number of allylic oxidation sites excluding steroid dienone is 4. The monoisotopic (exact) mass is 715 g/mol. The highest BCUT2D eigenvalue weighted by Gasteiger charge is 2.16. The molecule has 0 radical (unpaired) electrons. The zero-order valence-corrected chi connectivity index (χ0v) is 33.5. The molecule has 0 fully saturated rings. The second-order valence-corrected chi connectivity index (χ2v) is 14.6. The predicted molar refractivity (Wildman–Crippen MR) is 241 cm³/mol. The van der Waals surface area contributed by atoms with Gasteiger partial charge in [-0.2, -0.15) is 0 Å². The molecule has 0 aliphatic carbocycles. The highest BCUT2D eigenvalue weighted by Crippen LogP contribution is 2.35. The molecular weight excluding hydrogens is 663 g/mol. The topological polar surface area (TPSA) is 3.24 Å². The summed E-state index contributed by atoms with van der Waals surface area (Å²) in [4.78, 5) is 2.27. The van der Waals surface area contributed by atoms with Crippen LogP contribution in [0.1, 0.15) is 82.8 Å². The summed E-state index contributed by atoms with van der Waals surface area (Å²) in [6, 6.07) is 52.5. The molecule has 0 aliphatic heterocycles. The summed E-state index contributed by atoms with van der Waals surface area (Å²) < 4.78 is 0. The minimum atomic E-state index is 0.940. The van der Waals surface area contributed by atoms with Crippen LogP contribution in [0.3, 0.4) is 0 Å². The van der Waals surface area contributed by atoms with E-state index in [-0.39, 0.29) is 0 Å². The molecule has 0 unspecified atom stereocenters. The van der Waals surface area contributed by atoms with Crippen LogP contribution in [0.15, 0.2) is 181 Å². The fraction of sp³-hybridized carbons (Fsp3) is 0.148. The van der Waals surface area contributed by atoms with Crippen molar-refractivity contribution in [1.82, 2.24) is 0 Å². The third kappa shape index (κ3) is 9.50. The van der Waals surface area contributed by atoms with Gasteiger partial charge in [-0.15, -0.1) is 0 Å². The van der Waals surface area contributed by atoms with Gasteiger partial charge >= 0.3 is 0 Å². The Bertz CT molecular complexity index is 2230. The average molecular weight is 716 g/mol. The molecule has 0 saturated carbocycles. The van der Waals surface area contributed by atoms with Gasteiger partial charge in [0.25, 0.3) is 0 Å². The molecule has 0 aromatic heterocycles. The van der Waals surface area contributed by atoms with E-state index in [1.807, 2.05) is 0 Å². The Kier molecular flexibility index (Phi) is 12.4. The molecular formula is C54H53N. The van der Waals surface area contributed by atoms with Crippen LogP contribution < -0.4 is 4.90 Å². The molecule has 0 heterocycles. The molecule has 6 aromatic rings. The van der Waals surface area contributed by atoms with Gasteiger partial charge < -0.3 is 4.90 Å². The average Bonchev–Trinajstić information content (AvgIpc) is 3.20. The van der Waals surface area contributed by atoms with Crippen molar-refractivity contribution < 1.29 is 0 Å². The Morgan fingerprint density at radius 3 is 1.31 bits per heavy atom. The summed E-state index contributed by atoms with van der Waals surface area (Å²) in [6.07, 6.45) is 10.1. The lowest BCUT2D eigenvalue weighted by atomic mass is 9.93. The Morgan fingerprint density at radius 2 is 0.927 bits per heavy atom. The van der Waals surface area contributed by atoms with Gasteiger partial charge in [-0.3, -0.25) is 0 Å². The highest BCUT2D eigenvalue weighted by molar-refractivity contribution is 5.93. The van der Waals surface area contributed by atoms with Gasteiger partial charge in [0.2, 0.25) is 0 Å². The first-order chi connectivity index (χ1) is 26.6. The molecule has 1 heteroatoms. The summed E-state index contributed by atoms with van der Waals surface area (Å²) in [6.45, 7) is 19.8. The van der Waals surface area contributed by atoms with Gasteiger partial charge in [0.15, 0.2) is 0 Å². The van der Waals surface area contributed by atoms with Gasteiger partial charge in [-0.05, 0) is 157 Å². The lowest BCUT2D eigenvalue weighted by Gasteiger charge is -2.28. The largest absolute Gasteiger partial charge is 0.311 e. The van der Waals surface area contributed by atoms with Crippen molar-refractivity contribution >= 4 is 34.7 Å². The zero-order chi connectivity index (χ0) is 38.9. The molecule has 0 amide bonds. The fourth-order valence-corrected chi connectivity index (χ4v) is 6.94. The summed E-state index contributed by atoms with van der Waals surface area (Å²) in [5, 5.41) is 0. The first kappa shape index (κ1) is 38.5. The predicted octanol–water partition coefficient (Wildman–Crippen LogP) is 15.1. The van der Waals surface area contributed by atoms with E-state index in [0.717, 1.165) is 40.2 Å². The van der Waals surface area contributed by atoms with Crippen molar-refractivity contribution in [1.29, 1.82) is 0 Å². The second-order valence-electron chi connectivity index (χ2n) is 14.6. The van der Waals surface area contributed by atoms with E-state index in [2.05, 4.69) is 230 Å². The normalized spacial score (nSPS) is 12.5. The number of rotatable bonds is 12. The molecule has 6 rings (SSSR count). The molecule has 1 nitrogen and oxygen atoms in total. The lowest BCUT2D eigenvalue weighted by molar-refractivity contribution is 1.15. The van der Waals surface area contributed by atoms with Gasteiger partial charge in [-0.25, -0.2) is 0 Å². The first-order valence-corrected chi connectivity index (χ1v) is 19.4. The van der Waals surface area contributed by atoms with Gasteiger partial charge in [0, 0.05) is 17.1 Å². The fourth-order valence-electron chi connectivity index (χ4n) is 6.94. The number of anilines is 2. The standard InChI is InChI=1S/C54H53N/c1-9-16-38(2)33-43(7)44(8)55(51-29-23-45(24-30-51)36-53(47-17-12-10-13-18-47)49-27-21-39(3)41(5)34-49)52-31-25-46(26-32-52)37-54(48-19-14-11-15-20-48)50-28-22-40(4)42(6)35-50/h10-37H,8-9H2,1-7H3/b38-16-,43-33-,53-36-,54-37+. The summed E-state index contributed by atoms with van der Waals surface area (Å²) in [5.74, 6) is 0. The van der Waals surface area contributed by atoms with E-state index in [9.17, 15) is 0 Å². The van der Waals surface area contributed by atoms with E-state index < -0.39 is 0 Å². The Hall–Kier alpha value is -6.18. The van der Waals surface area contributed by atoms with Crippen LogP contribution in [0.4, 0.5) is 11.4 Å². The maximum Gasteiger partial charge on any atom is 0.0461 e. The van der Waals surface area contributed by atoms with Crippen molar-refractivity contribution in [3.8, 4) is 0 Å². The minimum Gasteiger partial charge on any atom is -0.311 e. The number of nitrogens with zero attached hydrogens (tertiary/aromatic N) is 1. The Morgan fingerprint density at radius 1 is 0.509 bits per heavy atom. The van der Waals surface area contributed by atoms with Gasteiger partial charge in [0.1, 0.15) is 0 Å². The summed E-state index contributed by atoms with van der Waals surface area (Å²) in [5.41, 5.74) is 20.1. The first-order valence-electron chi connectivity index (χ1n) is 19.4.